The largest absolute Gasteiger partial charge is 0.438 e. The summed E-state index contributed by atoms with van der Waals surface area (Å²) in [6, 6.07) is 0. The maximum absolute atomic E-state index is 11.7. The molecule has 2 N–H and O–H groups in total. The van der Waals surface area contributed by atoms with Gasteiger partial charge in [-0.15, -0.1) is 0 Å². The van der Waals surface area contributed by atoms with Gasteiger partial charge in [-0.3, -0.25) is 4.79 Å². The highest BCUT2D eigenvalue weighted by molar-refractivity contribution is 5.92. The number of nitrogens with one attached hydrogen (secondary N) is 2. The lowest BCUT2D eigenvalue weighted by Crippen LogP contribution is -2.26. The van der Waals surface area contributed by atoms with E-state index in [1.807, 2.05) is 0 Å². The lowest BCUT2D eigenvalue weighted by molar-refractivity contribution is 0.0925. The zero-order valence-corrected chi connectivity index (χ0v) is 9.95. The van der Waals surface area contributed by atoms with E-state index in [0.29, 0.717) is 18.0 Å². The first-order valence-corrected chi connectivity index (χ1v) is 5.84. The van der Waals surface area contributed by atoms with Gasteiger partial charge in [0.25, 0.3) is 5.91 Å². The number of amides is 1. The van der Waals surface area contributed by atoms with Crippen molar-refractivity contribution in [2.24, 2.45) is 0 Å². The monoisotopic (exact) mass is 235 g/mol. The Hall–Kier alpha value is -1.62. The zero-order chi connectivity index (χ0) is 12.1. The van der Waals surface area contributed by atoms with Gasteiger partial charge in [0, 0.05) is 13.1 Å². The predicted molar refractivity (Wildman–Crippen MR) is 63.8 cm³/mol. The van der Waals surface area contributed by atoms with Crippen LogP contribution in [-0.2, 0) is 0 Å². The van der Waals surface area contributed by atoms with Crippen LogP contribution in [0.15, 0.2) is 22.5 Å². The van der Waals surface area contributed by atoms with Crippen LogP contribution in [0.25, 0.3) is 0 Å². The number of oxazole rings is 1. The van der Waals surface area contributed by atoms with E-state index in [9.17, 15) is 4.79 Å². The molecule has 1 amide bonds. The molecule has 0 bridgehead atoms. The lowest BCUT2D eigenvalue weighted by atomic mass is 10.1. The van der Waals surface area contributed by atoms with E-state index in [1.165, 1.54) is 12.0 Å². The highest BCUT2D eigenvalue weighted by Crippen LogP contribution is 2.09. The van der Waals surface area contributed by atoms with Gasteiger partial charge in [-0.1, -0.05) is 11.6 Å². The number of aromatic nitrogens is 1. The topological polar surface area (TPSA) is 67.2 Å². The van der Waals surface area contributed by atoms with Crippen LogP contribution >= 0.6 is 0 Å². The summed E-state index contributed by atoms with van der Waals surface area (Å²) < 4.78 is 5.02. The second-order valence-corrected chi connectivity index (χ2v) is 4.09. The van der Waals surface area contributed by atoms with E-state index in [0.717, 1.165) is 25.9 Å². The summed E-state index contributed by atoms with van der Waals surface area (Å²) in [4.78, 5) is 15.6. The average Bonchev–Trinajstić information content (AvgIpc) is 2.77. The summed E-state index contributed by atoms with van der Waals surface area (Å²) in [6.45, 7) is 4.37. The Kier molecular flexibility index (Phi) is 3.93. The van der Waals surface area contributed by atoms with Gasteiger partial charge in [0.15, 0.2) is 6.39 Å². The van der Waals surface area contributed by atoms with E-state index in [-0.39, 0.29) is 5.91 Å². The van der Waals surface area contributed by atoms with Crippen LogP contribution < -0.4 is 10.6 Å². The molecule has 0 aromatic carbocycles. The number of nitrogens with zero attached hydrogens (tertiary/aromatic N) is 1. The smallest absolute Gasteiger partial charge is 0.289 e. The number of carbonyl (C=O) groups is 1. The number of aryl methyl sites for hydroxylation is 1. The summed E-state index contributed by atoms with van der Waals surface area (Å²) in [5.41, 5.74) is 2.03. The molecule has 0 atom stereocenters. The fraction of sp³-hybridized carbons (Fsp3) is 0.500. The van der Waals surface area contributed by atoms with Crippen LogP contribution in [0.4, 0.5) is 0 Å². The molecule has 17 heavy (non-hydrogen) atoms. The first-order chi connectivity index (χ1) is 8.27. The van der Waals surface area contributed by atoms with E-state index in [4.69, 9.17) is 4.42 Å². The molecule has 0 aliphatic carbocycles. The third kappa shape index (κ3) is 3.17. The minimum absolute atomic E-state index is 0.186. The Morgan fingerprint density at radius 3 is 3.18 bits per heavy atom. The van der Waals surface area contributed by atoms with Gasteiger partial charge >= 0.3 is 0 Å². The Morgan fingerprint density at radius 1 is 1.65 bits per heavy atom. The predicted octanol–water partition coefficient (Wildman–Crippen LogP) is 1.02. The first kappa shape index (κ1) is 11.9. The molecule has 0 saturated carbocycles. The molecule has 1 aromatic heterocycles. The number of rotatable bonds is 4. The van der Waals surface area contributed by atoms with Crippen molar-refractivity contribution in [1.82, 2.24) is 15.6 Å². The average molecular weight is 235 g/mol. The molecule has 5 nitrogen and oxygen atoms in total. The second kappa shape index (κ2) is 5.63. The highest BCUT2D eigenvalue weighted by atomic mass is 16.3. The van der Waals surface area contributed by atoms with Crippen LogP contribution in [-0.4, -0.2) is 30.5 Å². The van der Waals surface area contributed by atoms with E-state index < -0.39 is 0 Å². The summed E-state index contributed by atoms with van der Waals surface area (Å²) in [7, 11) is 0. The third-order valence-electron chi connectivity index (χ3n) is 2.84. The summed E-state index contributed by atoms with van der Waals surface area (Å²) in [5.74, 6) is 0.124. The molecule has 1 aliphatic rings. The van der Waals surface area contributed by atoms with Crippen molar-refractivity contribution in [3.8, 4) is 0 Å². The normalized spacial score (nSPS) is 15.5. The third-order valence-corrected chi connectivity index (χ3v) is 2.84. The van der Waals surface area contributed by atoms with Crippen molar-refractivity contribution in [2.45, 2.75) is 19.8 Å². The van der Waals surface area contributed by atoms with Crippen LogP contribution in [0.5, 0.6) is 0 Å². The minimum Gasteiger partial charge on any atom is -0.438 e. The van der Waals surface area contributed by atoms with Crippen LogP contribution in [0, 0.1) is 6.92 Å². The van der Waals surface area contributed by atoms with Gasteiger partial charge in [-0.25, -0.2) is 4.98 Å². The highest BCUT2D eigenvalue weighted by Gasteiger charge is 2.13. The molecule has 0 radical (unpaired) electrons. The van der Waals surface area contributed by atoms with Crippen LogP contribution in [0.2, 0.25) is 0 Å². The number of hydrogen-bond acceptors (Lipinski definition) is 4. The molecular weight excluding hydrogens is 218 g/mol. The van der Waals surface area contributed by atoms with E-state index >= 15 is 0 Å². The van der Waals surface area contributed by atoms with Crippen molar-refractivity contribution in [2.75, 3.05) is 19.6 Å². The Labute approximate surface area is 100 Å². The second-order valence-electron chi connectivity index (χ2n) is 4.09. The maximum Gasteiger partial charge on any atom is 0.289 e. The van der Waals surface area contributed by atoms with Gasteiger partial charge in [0.05, 0.1) is 5.69 Å². The van der Waals surface area contributed by atoms with E-state index in [1.54, 1.807) is 6.92 Å². The van der Waals surface area contributed by atoms with Crippen molar-refractivity contribution in [1.29, 1.82) is 0 Å². The Morgan fingerprint density at radius 2 is 2.53 bits per heavy atom. The standard InChI is InChI=1S/C12H17N3O2/c1-9-11(17-8-15-9)12(16)14-7-4-10-2-5-13-6-3-10/h2,8,13H,3-7H2,1H3,(H,14,16). The quantitative estimate of drug-likeness (QED) is 0.765. The lowest BCUT2D eigenvalue weighted by Gasteiger charge is -2.13. The summed E-state index contributed by atoms with van der Waals surface area (Å²) in [5, 5.41) is 6.10. The Bertz CT molecular complexity index is 423. The molecule has 2 rings (SSSR count). The SMILES string of the molecule is Cc1ncoc1C(=O)NCCC1=CCNCC1. The van der Waals surface area contributed by atoms with E-state index in [2.05, 4.69) is 21.7 Å². The molecule has 0 saturated heterocycles. The molecule has 92 valence electrons. The van der Waals surface area contributed by atoms with Gasteiger partial charge in [-0.2, -0.15) is 0 Å². The minimum atomic E-state index is -0.186. The van der Waals surface area contributed by atoms with Gasteiger partial charge < -0.3 is 15.1 Å². The van der Waals surface area contributed by atoms with Crippen LogP contribution in [0.1, 0.15) is 29.1 Å². The van der Waals surface area contributed by atoms with Gasteiger partial charge in [0.1, 0.15) is 0 Å². The zero-order valence-electron chi connectivity index (χ0n) is 9.95. The molecule has 0 fully saturated rings. The summed E-state index contributed by atoms with van der Waals surface area (Å²) >= 11 is 0. The van der Waals surface area contributed by atoms with Crippen LogP contribution in [0.3, 0.4) is 0 Å². The van der Waals surface area contributed by atoms with Gasteiger partial charge in [-0.05, 0) is 26.3 Å². The maximum atomic E-state index is 11.7. The van der Waals surface area contributed by atoms with Crippen molar-refractivity contribution in [3.05, 3.63) is 29.5 Å². The molecular formula is C12H17N3O2. The molecule has 0 spiro atoms. The Balaban J connectivity index is 1.77. The number of carbonyl (C=O) groups excluding carboxylic acids is 1. The van der Waals surface area contributed by atoms with Crippen molar-refractivity contribution in [3.63, 3.8) is 0 Å². The molecule has 1 aliphatic heterocycles. The van der Waals surface area contributed by atoms with Crippen molar-refractivity contribution >= 4 is 5.91 Å². The fourth-order valence-electron chi connectivity index (χ4n) is 1.83. The molecule has 0 unspecified atom stereocenters. The summed E-state index contributed by atoms with van der Waals surface area (Å²) in [6.07, 6.45) is 5.45. The van der Waals surface area contributed by atoms with Gasteiger partial charge in [0.2, 0.25) is 5.76 Å². The number of hydrogen-bond donors (Lipinski definition) is 2. The molecule has 1 aromatic rings. The molecule has 2 heterocycles. The molecule has 5 heteroatoms. The van der Waals surface area contributed by atoms with Crippen molar-refractivity contribution < 1.29 is 9.21 Å². The first-order valence-electron chi connectivity index (χ1n) is 5.84. The fourth-order valence-corrected chi connectivity index (χ4v) is 1.83.